The van der Waals surface area contributed by atoms with Crippen LogP contribution in [0.15, 0.2) is 0 Å². The molecule has 1 saturated heterocycles. The fraction of sp³-hybridized carbons (Fsp3) is 0.762. The number of rotatable bonds is 6. The first kappa shape index (κ1) is 19.9. The number of fused-ring (bicyclic) bond motifs is 1. The zero-order valence-electron chi connectivity index (χ0n) is 17.2. The molecule has 2 aliphatic heterocycles. The molecular formula is C21H34N4O2. The molecule has 1 fully saturated rings. The van der Waals surface area contributed by atoms with Gasteiger partial charge in [0.1, 0.15) is 5.69 Å². The Morgan fingerprint density at radius 1 is 1.11 bits per heavy atom. The summed E-state index contributed by atoms with van der Waals surface area (Å²) in [6.45, 7) is 10.2. The summed E-state index contributed by atoms with van der Waals surface area (Å²) in [5.74, 6) is 1.01. The van der Waals surface area contributed by atoms with Crippen molar-refractivity contribution >= 4 is 11.8 Å². The number of amides is 2. The number of imidazole rings is 1. The Kier molecular flexibility index (Phi) is 6.55. The van der Waals surface area contributed by atoms with E-state index in [1.807, 2.05) is 14.4 Å². The molecule has 150 valence electrons. The Balaban J connectivity index is 1.92. The smallest absolute Gasteiger partial charge is 0.289 e. The van der Waals surface area contributed by atoms with E-state index in [1.165, 1.54) is 6.42 Å². The molecule has 6 heteroatoms. The van der Waals surface area contributed by atoms with Crippen LogP contribution in [0.25, 0.3) is 0 Å². The topological polar surface area (TPSA) is 58.4 Å². The minimum absolute atomic E-state index is 0.00119. The number of piperidine rings is 1. The van der Waals surface area contributed by atoms with Crippen molar-refractivity contribution in [3.8, 4) is 0 Å². The van der Waals surface area contributed by atoms with Crippen molar-refractivity contribution in [2.24, 2.45) is 5.92 Å². The molecule has 27 heavy (non-hydrogen) atoms. The maximum Gasteiger partial charge on any atom is 0.289 e. The zero-order chi connectivity index (χ0) is 19.4. The second-order valence-corrected chi connectivity index (χ2v) is 8.13. The van der Waals surface area contributed by atoms with Crippen molar-refractivity contribution in [1.29, 1.82) is 0 Å². The van der Waals surface area contributed by atoms with Gasteiger partial charge in [0.15, 0.2) is 5.82 Å². The fourth-order valence-electron chi connectivity index (χ4n) is 4.40. The summed E-state index contributed by atoms with van der Waals surface area (Å²) < 4.78 is 2.04. The molecule has 0 spiro atoms. The number of hydrogen-bond acceptors (Lipinski definition) is 3. The monoisotopic (exact) mass is 374 g/mol. The molecule has 0 saturated carbocycles. The number of likely N-dealkylation sites (tertiary alicyclic amines) is 1. The lowest BCUT2D eigenvalue weighted by molar-refractivity contribution is 0.0664. The van der Waals surface area contributed by atoms with Crippen molar-refractivity contribution in [3.63, 3.8) is 0 Å². The zero-order valence-corrected chi connectivity index (χ0v) is 17.2. The van der Waals surface area contributed by atoms with Gasteiger partial charge in [-0.15, -0.1) is 0 Å². The molecule has 0 radical (unpaired) electrons. The van der Waals surface area contributed by atoms with Crippen LogP contribution in [0.2, 0.25) is 0 Å². The molecule has 0 bridgehead atoms. The molecular weight excluding hydrogens is 340 g/mol. The third-order valence-corrected chi connectivity index (χ3v) is 5.73. The number of aromatic nitrogens is 2. The molecule has 0 N–H and O–H groups in total. The van der Waals surface area contributed by atoms with Gasteiger partial charge in [0.2, 0.25) is 0 Å². The molecule has 3 rings (SSSR count). The lowest BCUT2D eigenvalue weighted by Crippen LogP contribution is -2.40. The van der Waals surface area contributed by atoms with Gasteiger partial charge in [-0.2, -0.15) is 0 Å². The van der Waals surface area contributed by atoms with Gasteiger partial charge in [0.25, 0.3) is 11.8 Å². The van der Waals surface area contributed by atoms with E-state index in [1.54, 1.807) is 0 Å². The average Bonchev–Trinajstić information content (AvgIpc) is 3.06. The molecule has 1 atom stereocenters. The highest BCUT2D eigenvalue weighted by molar-refractivity contribution is 5.97. The SMILES string of the molecule is CCCN(CCC)C(=O)c1nc(C(=O)N2CCCC(C)C2)n2c1CCCC2. The van der Waals surface area contributed by atoms with Crippen LogP contribution >= 0.6 is 0 Å². The highest BCUT2D eigenvalue weighted by atomic mass is 16.2. The Bertz CT molecular complexity index is 635. The minimum Gasteiger partial charge on any atom is -0.337 e. The van der Waals surface area contributed by atoms with Gasteiger partial charge in [-0.05, 0) is 50.9 Å². The van der Waals surface area contributed by atoms with E-state index in [2.05, 4.69) is 25.8 Å². The van der Waals surface area contributed by atoms with Crippen LogP contribution in [0, 0.1) is 5.92 Å². The summed E-state index contributed by atoms with van der Waals surface area (Å²) in [5.41, 5.74) is 1.49. The molecule has 1 unspecified atom stereocenters. The van der Waals surface area contributed by atoms with Crippen LogP contribution in [0.4, 0.5) is 0 Å². The summed E-state index contributed by atoms with van der Waals surface area (Å²) in [6, 6.07) is 0. The van der Waals surface area contributed by atoms with E-state index >= 15 is 0 Å². The maximum atomic E-state index is 13.2. The van der Waals surface area contributed by atoms with Crippen LogP contribution in [0.1, 0.15) is 86.1 Å². The summed E-state index contributed by atoms with van der Waals surface area (Å²) in [5, 5.41) is 0. The fourth-order valence-corrected chi connectivity index (χ4v) is 4.40. The average molecular weight is 375 g/mol. The van der Waals surface area contributed by atoms with Gasteiger partial charge in [-0.3, -0.25) is 9.59 Å². The van der Waals surface area contributed by atoms with E-state index in [0.29, 0.717) is 17.4 Å². The van der Waals surface area contributed by atoms with Crippen molar-refractivity contribution in [2.45, 2.75) is 72.3 Å². The standard InChI is InChI=1S/C21H34N4O2/c1-4-11-23(12-5-2)20(26)18-17-10-6-7-14-25(17)19(22-18)21(27)24-13-8-9-16(3)15-24/h16H,4-15H2,1-3H3. The highest BCUT2D eigenvalue weighted by Crippen LogP contribution is 2.25. The molecule has 2 aliphatic rings. The Morgan fingerprint density at radius 2 is 1.85 bits per heavy atom. The third-order valence-electron chi connectivity index (χ3n) is 5.73. The lowest BCUT2D eigenvalue weighted by Gasteiger charge is -2.31. The molecule has 6 nitrogen and oxygen atoms in total. The van der Waals surface area contributed by atoms with Gasteiger partial charge in [-0.25, -0.2) is 4.98 Å². The second-order valence-electron chi connectivity index (χ2n) is 8.13. The van der Waals surface area contributed by atoms with E-state index in [9.17, 15) is 9.59 Å². The van der Waals surface area contributed by atoms with E-state index in [0.717, 1.165) is 76.9 Å². The minimum atomic E-state index is -0.00425. The summed E-state index contributed by atoms with van der Waals surface area (Å²) in [7, 11) is 0. The van der Waals surface area contributed by atoms with E-state index in [-0.39, 0.29) is 11.8 Å². The lowest BCUT2D eigenvalue weighted by atomic mass is 10.0. The normalized spacial score (nSPS) is 19.7. The molecule has 1 aromatic heterocycles. The number of nitrogens with zero attached hydrogens (tertiary/aromatic N) is 4. The predicted molar refractivity (Wildman–Crippen MR) is 106 cm³/mol. The van der Waals surface area contributed by atoms with Crippen LogP contribution < -0.4 is 0 Å². The van der Waals surface area contributed by atoms with Crippen LogP contribution in [-0.4, -0.2) is 57.3 Å². The Hall–Kier alpha value is -1.85. The summed E-state index contributed by atoms with van der Waals surface area (Å²) >= 11 is 0. The van der Waals surface area contributed by atoms with Gasteiger partial charge in [0.05, 0.1) is 5.69 Å². The molecule has 3 heterocycles. The van der Waals surface area contributed by atoms with Crippen LogP contribution in [0.3, 0.4) is 0 Å². The van der Waals surface area contributed by atoms with E-state index < -0.39 is 0 Å². The molecule has 0 aliphatic carbocycles. The molecule has 1 aromatic rings. The van der Waals surface area contributed by atoms with Crippen molar-refractivity contribution in [2.75, 3.05) is 26.2 Å². The summed E-state index contributed by atoms with van der Waals surface area (Å²) in [4.78, 5) is 34.9. The summed E-state index contributed by atoms with van der Waals surface area (Å²) in [6.07, 6.45) is 7.02. The van der Waals surface area contributed by atoms with Crippen molar-refractivity contribution < 1.29 is 9.59 Å². The van der Waals surface area contributed by atoms with Crippen molar-refractivity contribution in [1.82, 2.24) is 19.4 Å². The third kappa shape index (κ3) is 4.19. The number of hydrogen-bond donors (Lipinski definition) is 0. The highest BCUT2D eigenvalue weighted by Gasteiger charge is 2.32. The Morgan fingerprint density at radius 3 is 2.52 bits per heavy atom. The number of carbonyl (C=O) groups is 2. The van der Waals surface area contributed by atoms with Crippen LogP contribution in [-0.2, 0) is 13.0 Å². The quantitative estimate of drug-likeness (QED) is 0.767. The predicted octanol–water partition coefficient (Wildman–Crippen LogP) is 3.35. The molecule has 2 amide bonds. The first-order valence-corrected chi connectivity index (χ1v) is 10.7. The van der Waals surface area contributed by atoms with Crippen molar-refractivity contribution in [3.05, 3.63) is 17.2 Å². The molecule has 0 aromatic carbocycles. The van der Waals surface area contributed by atoms with Gasteiger partial charge in [-0.1, -0.05) is 20.8 Å². The Labute approximate surface area is 162 Å². The first-order chi connectivity index (χ1) is 13.1. The van der Waals surface area contributed by atoms with Gasteiger partial charge >= 0.3 is 0 Å². The largest absolute Gasteiger partial charge is 0.337 e. The van der Waals surface area contributed by atoms with Gasteiger partial charge < -0.3 is 14.4 Å². The maximum absolute atomic E-state index is 13.2. The second kappa shape index (κ2) is 8.89. The first-order valence-electron chi connectivity index (χ1n) is 10.7. The van der Waals surface area contributed by atoms with E-state index in [4.69, 9.17) is 0 Å². The van der Waals surface area contributed by atoms with Gasteiger partial charge in [0, 0.05) is 32.7 Å². The van der Waals surface area contributed by atoms with Crippen LogP contribution in [0.5, 0.6) is 0 Å². The number of carbonyl (C=O) groups excluding carboxylic acids is 2.